The molecule has 1 aliphatic rings. The number of carbonyl (C=O) groups excluding carboxylic acids is 2. The van der Waals surface area contributed by atoms with Crippen molar-refractivity contribution in [3.63, 3.8) is 0 Å². The number of hydrogen-bond acceptors (Lipinski definition) is 5. The third-order valence-corrected chi connectivity index (χ3v) is 7.38. The van der Waals surface area contributed by atoms with E-state index in [0.29, 0.717) is 28.8 Å². The van der Waals surface area contributed by atoms with Gasteiger partial charge in [0, 0.05) is 17.8 Å². The van der Waals surface area contributed by atoms with Gasteiger partial charge in [-0.25, -0.2) is 9.18 Å². The number of alkyl halides is 3. The molecule has 13 heteroatoms. The van der Waals surface area contributed by atoms with Gasteiger partial charge in [0.05, 0.1) is 12.1 Å². The molecule has 0 unspecified atom stereocenters. The molecule has 3 amide bonds. The van der Waals surface area contributed by atoms with Gasteiger partial charge in [-0.2, -0.15) is 18.4 Å². The molecule has 3 N–H and O–H groups in total. The Morgan fingerprint density at radius 3 is 2.30 bits per heavy atom. The van der Waals surface area contributed by atoms with Crippen LogP contribution >= 0.6 is 0 Å². The van der Waals surface area contributed by atoms with Crippen molar-refractivity contribution in [2.24, 2.45) is 0 Å². The number of aromatic nitrogens is 4. The number of carbonyl (C=O) groups is 2. The quantitative estimate of drug-likeness (QED) is 0.199. The Morgan fingerprint density at radius 1 is 0.930 bits per heavy atom. The van der Waals surface area contributed by atoms with Crippen LogP contribution in [0.2, 0.25) is 0 Å². The largest absolute Gasteiger partial charge is 0.416 e. The molecule has 0 spiro atoms. The van der Waals surface area contributed by atoms with Gasteiger partial charge in [0.15, 0.2) is 0 Å². The lowest BCUT2D eigenvalue weighted by molar-refractivity contribution is -0.137. The van der Waals surface area contributed by atoms with Gasteiger partial charge in [-0.15, -0.1) is 5.10 Å². The van der Waals surface area contributed by atoms with Gasteiger partial charge in [-0.1, -0.05) is 48.6 Å². The monoisotopic (exact) mass is 595 g/mol. The third-order valence-electron chi connectivity index (χ3n) is 7.38. The molecule has 43 heavy (non-hydrogen) atoms. The molecule has 1 aliphatic carbocycles. The molecule has 4 aromatic rings. The van der Waals surface area contributed by atoms with Gasteiger partial charge < -0.3 is 5.32 Å². The Labute approximate surface area is 244 Å². The molecule has 0 radical (unpaired) electrons. The molecule has 3 aromatic carbocycles. The maximum atomic E-state index is 13.9. The highest BCUT2D eigenvalue weighted by atomic mass is 19.4. The molecule has 9 nitrogen and oxygen atoms in total. The lowest BCUT2D eigenvalue weighted by Crippen LogP contribution is -2.39. The summed E-state index contributed by atoms with van der Waals surface area (Å²) in [7, 11) is 0. The van der Waals surface area contributed by atoms with Crippen LogP contribution in [0.25, 0.3) is 0 Å². The van der Waals surface area contributed by atoms with E-state index in [1.807, 2.05) is 24.3 Å². The number of halogens is 4. The number of nitrogens with one attached hydrogen (secondary N) is 3. The molecular weight excluding hydrogens is 566 g/mol. The molecule has 1 fully saturated rings. The standard InChI is InChI=1S/C30H29F4N7O2/c31-25-15-20(14-24(16-25)30(32,33)34)17-35-29(43)41(26-12-10-22(11-13-26)21-4-2-1-3-5-21)18-19-6-8-23(9-7-19)27(42)36-28-37-39-40-38-28/h6-16,21H,1-5,17-18H2,(H,35,43)(H2,36,37,38,39,40,42). The Kier molecular flexibility index (Phi) is 8.98. The lowest BCUT2D eigenvalue weighted by Gasteiger charge is -2.26. The zero-order valence-corrected chi connectivity index (χ0v) is 23.0. The third kappa shape index (κ3) is 7.73. The summed E-state index contributed by atoms with van der Waals surface area (Å²) in [6, 6.07) is 15.8. The van der Waals surface area contributed by atoms with Crippen LogP contribution < -0.4 is 15.5 Å². The minimum Gasteiger partial charge on any atom is -0.334 e. The van der Waals surface area contributed by atoms with E-state index in [2.05, 4.69) is 31.3 Å². The Hall–Kier alpha value is -4.81. The predicted molar refractivity (Wildman–Crippen MR) is 151 cm³/mol. The molecule has 0 bridgehead atoms. The number of hydrogen-bond donors (Lipinski definition) is 3. The fraction of sp³-hybridized carbons (Fsp3) is 0.300. The number of nitrogens with zero attached hydrogens (tertiary/aromatic N) is 4. The van der Waals surface area contributed by atoms with Crippen molar-refractivity contribution >= 4 is 23.6 Å². The summed E-state index contributed by atoms with van der Waals surface area (Å²) in [6.07, 6.45) is 1.10. The average Bonchev–Trinajstić information content (AvgIpc) is 3.52. The van der Waals surface area contributed by atoms with Gasteiger partial charge in [0.25, 0.3) is 11.9 Å². The van der Waals surface area contributed by atoms with Crippen molar-refractivity contribution in [2.45, 2.75) is 57.3 Å². The smallest absolute Gasteiger partial charge is 0.334 e. The van der Waals surface area contributed by atoms with Gasteiger partial charge >= 0.3 is 12.2 Å². The molecule has 0 aliphatic heterocycles. The van der Waals surface area contributed by atoms with Crippen molar-refractivity contribution in [3.8, 4) is 0 Å². The van der Waals surface area contributed by atoms with E-state index in [9.17, 15) is 27.2 Å². The summed E-state index contributed by atoms with van der Waals surface area (Å²) in [4.78, 5) is 27.3. The summed E-state index contributed by atoms with van der Waals surface area (Å²) in [5, 5.41) is 18.1. The summed E-state index contributed by atoms with van der Waals surface area (Å²) < 4.78 is 53.5. The van der Waals surface area contributed by atoms with E-state index in [1.165, 1.54) is 29.7 Å². The summed E-state index contributed by atoms with van der Waals surface area (Å²) >= 11 is 0. The first-order valence-electron chi connectivity index (χ1n) is 13.8. The zero-order valence-electron chi connectivity index (χ0n) is 23.0. The second-order valence-corrected chi connectivity index (χ2v) is 10.4. The SMILES string of the molecule is O=C(Nc1nn[nH]n1)c1ccc(CN(C(=O)NCc2cc(F)cc(C(F)(F)F)c2)c2ccc(C3CCCCC3)cc2)cc1. The Balaban J connectivity index is 1.34. The van der Waals surface area contributed by atoms with Crippen LogP contribution in [0.15, 0.2) is 66.7 Å². The van der Waals surface area contributed by atoms with Crippen molar-refractivity contribution in [3.05, 3.63) is 100 Å². The van der Waals surface area contributed by atoms with Crippen molar-refractivity contribution < 1.29 is 27.2 Å². The highest BCUT2D eigenvalue weighted by molar-refractivity contribution is 6.03. The van der Waals surface area contributed by atoms with Crippen LogP contribution in [0, 0.1) is 5.82 Å². The number of anilines is 2. The molecule has 1 saturated carbocycles. The first-order valence-corrected chi connectivity index (χ1v) is 13.8. The summed E-state index contributed by atoms with van der Waals surface area (Å²) in [5.74, 6) is -1.01. The molecule has 1 aromatic heterocycles. The minimum atomic E-state index is -4.72. The fourth-order valence-corrected chi connectivity index (χ4v) is 5.16. The maximum Gasteiger partial charge on any atom is 0.416 e. The van der Waals surface area contributed by atoms with E-state index in [-0.39, 0.29) is 24.6 Å². The van der Waals surface area contributed by atoms with Crippen LogP contribution in [0.1, 0.15) is 70.6 Å². The predicted octanol–water partition coefficient (Wildman–Crippen LogP) is 6.57. The molecule has 5 rings (SSSR count). The number of urea groups is 1. The first-order chi connectivity index (χ1) is 20.7. The number of H-pyrrole nitrogens is 1. The van der Waals surface area contributed by atoms with Crippen LogP contribution in [-0.2, 0) is 19.3 Å². The van der Waals surface area contributed by atoms with Crippen molar-refractivity contribution in [1.82, 2.24) is 25.9 Å². The second-order valence-electron chi connectivity index (χ2n) is 10.4. The minimum absolute atomic E-state index is 0.0225. The van der Waals surface area contributed by atoms with Crippen molar-refractivity contribution in [1.29, 1.82) is 0 Å². The maximum absolute atomic E-state index is 13.9. The molecule has 0 saturated heterocycles. The highest BCUT2D eigenvalue weighted by Crippen LogP contribution is 2.34. The highest BCUT2D eigenvalue weighted by Gasteiger charge is 2.31. The van der Waals surface area contributed by atoms with Crippen molar-refractivity contribution in [2.75, 3.05) is 10.2 Å². The first kappa shape index (κ1) is 29.7. The summed E-state index contributed by atoms with van der Waals surface area (Å²) in [6.45, 7) is -0.218. The van der Waals surface area contributed by atoms with Crippen LogP contribution in [0.4, 0.5) is 34.0 Å². The molecule has 224 valence electrons. The fourth-order valence-electron chi connectivity index (χ4n) is 5.16. The number of tetrazole rings is 1. The number of amides is 3. The van der Waals surface area contributed by atoms with Crippen LogP contribution in [0.3, 0.4) is 0 Å². The van der Waals surface area contributed by atoms with E-state index in [0.717, 1.165) is 25.0 Å². The second kappa shape index (κ2) is 13.0. The number of rotatable bonds is 8. The molecular formula is C30H29F4N7O2. The van der Waals surface area contributed by atoms with E-state index >= 15 is 0 Å². The van der Waals surface area contributed by atoms with E-state index < -0.39 is 29.5 Å². The van der Waals surface area contributed by atoms with Crippen LogP contribution in [-0.4, -0.2) is 32.6 Å². The zero-order chi connectivity index (χ0) is 30.4. The average molecular weight is 596 g/mol. The number of aromatic amines is 1. The Bertz CT molecular complexity index is 1540. The Morgan fingerprint density at radius 2 is 1.65 bits per heavy atom. The van der Waals surface area contributed by atoms with Gasteiger partial charge in [-0.05, 0) is 83.1 Å². The lowest BCUT2D eigenvalue weighted by atomic mass is 9.84. The molecule has 1 heterocycles. The van der Waals surface area contributed by atoms with Crippen LogP contribution in [0.5, 0.6) is 0 Å². The molecule has 0 atom stereocenters. The number of benzene rings is 3. The summed E-state index contributed by atoms with van der Waals surface area (Å²) in [5.41, 5.74) is 1.63. The van der Waals surface area contributed by atoms with Gasteiger partial charge in [0.2, 0.25) is 0 Å². The van der Waals surface area contributed by atoms with Gasteiger partial charge in [0.1, 0.15) is 5.82 Å². The van der Waals surface area contributed by atoms with Gasteiger partial charge in [-0.3, -0.25) is 15.0 Å². The van der Waals surface area contributed by atoms with E-state index in [4.69, 9.17) is 0 Å². The topological polar surface area (TPSA) is 116 Å². The van der Waals surface area contributed by atoms with E-state index in [1.54, 1.807) is 24.3 Å². The normalized spacial score (nSPS) is 13.9.